The van der Waals surface area contributed by atoms with Crippen molar-refractivity contribution < 1.29 is 32.3 Å². The summed E-state index contributed by atoms with van der Waals surface area (Å²) in [4.78, 5) is 24.3. The number of hydrogen-bond donors (Lipinski definition) is 2. The van der Waals surface area contributed by atoms with Crippen molar-refractivity contribution in [3.05, 3.63) is 76.2 Å². The molecule has 1 aliphatic rings. The number of carboxylic acid groups (broad SMARTS) is 1. The predicted octanol–water partition coefficient (Wildman–Crippen LogP) is 5.24. The Morgan fingerprint density at radius 1 is 1.10 bits per heavy atom. The van der Waals surface area contributed by atoms with Crippen LogP contribution < -0.4 is 0 Å². The molecular weight excluding hydrogens is 416 g/mol. The molecule has 0 radical (unpaired) electrons. The Balaban J connectivity index is 1.81. The highest BCUT2D eigenvalue weighted by Crippen LogP contribution is 2.42. The normalized spacial score (nSPS) is 16.1. The van der Waals surface area contributed by atoms with Gasteiger partial charge >= 0.3 is 12.1 Å². The maximum absolute atomic E-state index is 14.4. The summed E-state index contributed by atoms with van der Waals surface area (Å²) in [6.07, 6.45) is -3.56. The zero-order valence-electron chi connectivity index (χ0n) is 16.0. The predicted molar refractivity (Wildman–Crippen MR) is 102 cm³/mol. The van der Waals surface area contributed by atoms with E-state index in [1.807, 2.05) is 0 Å². The van der Waals surface area contributed by atoms with Crippen molar-refractivity contribution >= 4 is 11.8 Å². The van der Waals surface area contributed by atoms with Crippen LogP contribution in [0.5, 0.6) is 0 Å². The number of nitrogens with zero attached hydrogens (tertiary/aromatic N) is 1. The fourth-order valence-corrected chi connectivity index (χ4v) is 4.02. The molecule has 1 aliphatic carbocycles. The summed E-state index contributed by atoms with van der Waals surface area (Å²) in [5.74, 6) is -4.28. The molecule has 31 heavy (non-hydrogen) atoms. The van der Waals surface area contributed by atoms with Crippen LogP contribution in [0.1, 0.15) is 56.3 Å². The van der Waals surface area contributed by atoms with Gasteiger partial charge in [0, 0.05) is 16.8 Å². The molecule has 1 atom stereocenters. The van der Waals surface area contributed by atoms with E-state index in [1.54, 1.807) is 0 Å². The third-order valence-corrected chi connectivity index (χ3v) is 5.44. The number of ketones is 1. The SMILES string of the molecule is O=C(O)c1ccc(-c2n[nH]c3c2C(C(=O)c2c(F)cccc2C(F)(F)F)CCC3)cc1. The zero-order chi connectivity index (χ0) is 22.3. The standard InChI is InChI=1S/C22H16F4N2O3/c23-15-5-2-4-14(22(24,25)26)18(15)20(29)13-3-1-6-16-17(13)19(28-27-16)11-7-9-12(10-8-11)21(30)31/h2,4-5,7-10,13H,1,3,6H2,(H,27,28)(H,30,31). The minimum Gasteiger partial charge on any atom is -0.478 e. The van der Waals surface area contributed by atoms with Crippen LogP contribution in [-0.4, -0.2) is 27.1 Å². The molecule has 4 rings (SSSR count). The fourth-order valence-electron chi connectivity index (χ4n) is 4.02. The highest BCUT2D eigenvalue weighted by atomic mass is 19.4. The molecular formula is C22H16F4N2O3. The number of H-pyrrole nitrogens is 1. The maximum Gasteiger partial charge on any atom is 0.417 e. The van der Waals surface area contributed by atoms with Crippen LogP contribution in [-0.2, 0) is 12.6 Å². The molecule has 0 spiro atoms. The Morgan fingerprint density at radius 3 is 2.45 bits per heavy atom. The van der Waals surface area contributed by atoms with Crippen LogP contribution in [0.25, 0.3) is 11.3 Å². The summed E-state index contributed by atoms with van der Waals surface area (Å²) in [6, 6.07) is 8.23. The first-order valence-electron chi connectivity index (χ1n) is 9.49. The summed E-state index contributed by atoms with van der Waals surface area (Å²) < 4.78 is 54.8. The molecule has 0 fully saturated rings. The van der Waals surface area contributed by atoms with Crippen LogP contribution in [0, 0.1) is 5.82 Å². The van der Waals surface area contributed by atoms with E-state index >= 15 is 0 Å². The van der Waals surface area contributed by atoms with Gasteiger partial charge in [0.1, 0.15) is 5.82 Å². The topological polar surface area (TPSA) is 83.0 Å². The molecule has 0 bridgehead atoms. The van der Waals surface area contributed by atoms with Gasteiger partial charge in [-0.05, 0) is 43.5 Å². The van der Waals surface area contributed by atoms with E-state index in [0.717, 1.165) is 12.1 Å². The Labute approximate surface area is 173 Å². The number of fused-ring (bicyclic) bond motifs is 1. The summed E-state index contributed by atoms with van der Waals surface area (Å²) >= 11 is 0. The fraction of sp³-hybridized carbons (Fsp3) is 0.227. The van der Waals surface area contributed by atoms with E-state index in [1.165, 1.54) is 24.3 Å². The van der Waals surface area contributed by atoms with Crippen molar-refractivity contribution in [2.45, 2.75) is 31.4 Å². The molecule has 2 N–H and O–H groups in total. The van der Waals surface area contributed by atoms with Crippen LogP contribution in [0.15, 0.2) is 42.5 Å². The smallest absolute Gasteiger partial charge is 0.417 e. The number of aromatic carboxylic acids is 1. The van der Waals surface area contributed by atoms with Gasteiger partial charge in [-0.3, -0.25) is 9.89 Å². The van der Waals surface area contributed by atoms with Gasteiger partial charge in [0.2, 0.25) is 0 Å². The molecule has 0 amide bonds. The third kappa shape index (κ3) is 3.71. The molecule has 0 saturated heterocycles. The molecule has 9 heteroatoms. The van der Waals surface area contributed by atoms with Crippen molar-refractivity contribution in [3.8, 4) is 11.3 Å². The van der Waals surface area contributed by atoms with E-state index in [0.29, 0.717) is 41.4 Å². The quantitative estimate of drug-likeness (QED) is 0.437. The summed E-state index contributed by atoms with van der Waals surface area (Å²) in [5.41, 5.74) is -0.340. The van der Waals surface area contributed by atoms with Gasteiger partial charge in [0.25, 0.3) is 0 Å². The number of rotatable bonds is 4. The third-order valence-electron chi connectivity index (χ3n) is 5.44. The number of carbonyl (C=O) groups is 2. The molecule has 160 valence electrons. The summed E-state index contributed by atoms with van der Waals surface area (Å²) in [7, 11) is 0. The van der Waals surface area contributed by atoms with Gasteiger partial charge < -0.3 is 5.11 Å². The number of carboxylic acids is 1. The lowest BCUT2D eigenvalue weighted by Gasteiger charge is -2.24. The second-order valence-corrected chi connectivity index (χ2v) is 7.32. The average molecular weight is 432 g/mol. The lowest BCUT2D eigenvalue weighted by Crippen LogP contribution is -2.23. The molecule has 5 nitrogen and oxygen atoms in total. The first-order valence-corrected chi connectivity index (χ1v) is 9.49. The highest BCUT2D eigenvalue weighted by molar-refractivity contribution is 6.03. The number of nitrogens with one attached hydrogen (secondary N) is 1. The number of alkyl halides is 3. The largest absolute Gasteiger partial charge is 0.478 e. The molecule has 0 aliphatic heterocycles. The molecule has 2 aromatic carbocycles. The van der Waals surface area contributed by atoms with Gasteiger partial charge in [0.15, 0.2) is 5.78 Å². The Bertz CT molecular complexity index is 1170. The lowest BCUT2D eigenvalue weighted by molar-refractivity contribution is -0.138. The number of aromatic nitrogens is 2. The molecule has 1 unspecified atom stereocenters. The van der Waals surface area contributed by atoms with Crippen molar-refractivity contribution in [1.82, 2.24) is 10.2 Å². The number of carbonyl (C=O) groups excluding carboxylic acids is 1. The number of aryl methyl sites for hydroxylation is 1. The summed E-state index contributed by atoms with van der Waals surface area (Å²) in [6.45, 7) is 0. The number of halogens is 4. The van der Waals surface area contributed by atoms with E-state index in [4.69, 9.17) is 5.11 Å². The highest BCUT2D eigenvalue weighted by Gasteiger charge is 2.40. The zero-order valence-corrected chi connectivity index (χ0v) is 16.0. The van der Waals surface area contributed by atoms with E-state index in [-0.39, 0.29) is 12.0 Å². The van der Waals surface area contributed by atoms with Gasteiger partial charge in [0.05, 0.1) is 28.3 Å². The van der Waals surface area contributed by atoms with Gasteiger partial charge in [-0.25, -0.2) is 9.18 Å². The van der Waals surface area contributed by atoms with Crippen LogP contribution in [0.3, 0.4) is 0 Å². The molecule has 1 heterocycles. The van der Waals surface area contributed by atoms with Crippen LogP contribution in [0.2, 0.25) is 0 Å². The second-order valence-electron chi connectivity index (χ2n) is 7.32. The Hall–Kier alpha value is -3.49. The van der Waals surface area contributed by atoms with E-state index in [9.17, 15) is 27.2 Å². The first-order chi connectivity index (χ1) is 14.7. The Morgan fingerprint density at radius 2 is 1.81 bits per heavy atom. The van der Waals surface area contributed by atoms with Crippen molar-refractivity contribution in [1.29, 1.82) is 0 Å². The van der Waals surface area contributed by atoms with Crippen molar-refractivity contribution in [2.24, 2.45) is 0 Å². The number of benzene rings is 2. The number of hydrogen-bond acceptors (Lipinski definition) is 3. The first kappa shape index (κ1) is 20.8. The van der Waals surface area contributed by atoms with Crippen LogP contribution >= 0.6 is 0 Å². The summed E-state index contributed by atoms with van der Waals surface area (Å²) in [5, 5.41) is 16.1. The molecule has 3 aromatic rings. The van der Waals surface area contributed by atoms with Gasteiger partial charge in [-0.15, -0.1) is 0 Å². The maximum atomic E-state index is 14.4. The molecule has 1 aromatic heterocycles. The second kappa shape index (κ2) is 7.64. The average Bonchev–Trinajstić information content (AvgIpc) is 3.17. The van der Waals surface area contributed by atoms with Gasteiger partial charge in [-0.2, -0.15) is 18.3 Å². The lowest BCUT2D eigenvalue weighted by atomic mass is 9.78. The molecule has 0 saturated carbocycles. The van der Waals surface area contributed by atoms with Gasteiger partial charge in [-0.1, -0.05) is 18.2 Å². The van der Waals surface area contributed by atoms with E-state index < -0.39 is 40.8 Å². The Kier molecular flexibility index (Phi) is 5.12. The minimum absolute atomic E-state index is 0.0574. The minimum atomic E-state index is -4.88. The van der Waals surface area contributed by atoms with Crippen molar-refractivity contribution in [3.63, 3.8) is 0 Å². The van der Waals surface area contributed by atoms with E-state index in [2.05, 4.69) is 10.2 Å². The number of aromatic amines is 1. The van der Waals surface area contributed by atoms with Crippen LogP contribution in [0.4, 0.5) is 17.6 Å². The monoisotopic (exact) mass is 432 g/mol. The van der Waals surface area contributed by atoms with Crippen molar-refractivity contribution in [2.75, 3.05) is 0 Å². The number of Topliss-reactive ketones (excluding diaryl/α,β-unsaturated/α-hetero) is 1.